The quantitative estimate of drug-likeness (QED) is 0.618. The van der Waals surface area contributed by atoms with Crippen molar-refractivity contribution in [1.82, 2.24) is 10.6 Å². The molecule has 23 heavy (non-hydrogen) atoms. The molecule has 1 atom stereocenters. The Morgan fingerprint density at radius 2 is 1.78 bits per heavy atom. The molecule has 0 unspecified atom stereocenters. The van der Waals surface area contributed by atoms with Crippen molar-refractivity contribution in [3.8, 4) is 6.07 Å². The number of rotatable bonds is 6. The zero-order valence-corrected chi connectivity index (χ0v) is 12.6. The molecule has 1 rings (SSSR count). The summed E-state index contributed by atoms with van der Waals surface area (Å²) in [6.07, 6.45) is 0.230. The maximum absolute atomic E-state index is 13.6. The summed E-state index contributed by atoms with van der Waals surface area (Å²) in [4.78, 5) is 23.9. The van der Waals surface area contributed by atoms with E-state index in [1.54, 1.807) is 19.9 Å². The molecule has 5 nitrogen and oxygen atoms in total. The summed E-state index contributed by atoms with van der Waals surface area (Å²) in [6, 6.07) is 1.39. The van der Waals surface area contributed by atoms with Gasteiger partial charge in [0.2, 0.25) is 5.91 Å². The van der Waals surface area contributed by atoms with Gasteiger partial charge in [-0.05, 0) is 18.4 Å². The highest BCUT2D eigenvalue weighted by Crippen LogP contribution is 2.14. The molecule has 0 spiro atoms. The first-order chi connectivity index (χ1) is 10.8. The van der Waals surface area contributed by atoms with Crippen molar-refractivity contribution in [2.75, 3.05) is 6.54 Å². The van der Waals surface area contributed by atoms with Crippen molar-refractivity contribution in [1.29, 1.82) is 5.26 Å². The highest BCUT2D eigenvalue weighted by molar-refractivity contribution is 5.97. The van der Waals surface area contributed by atoms with Crippen LogP contribution in [0.5, 0.6) is 0 Å². The van der Waals surface area contributed by atoms with Gasteiger partial charge in [-0.2, -0.15) is 5.26 Å². The molecule has 0 aromatic heterocycles. The fourth-order valence-corrected chi connectivity index (χ4v) is 1.89. The van der Waals surface area contributed by atoms with Crippen LogP contribution in [0.15, 0.2) is 12.1 Å². The minimum atomic E-state index is -1.41. The van der Waals surface area contributed by atoms with E-state index in [0.29, 0.717) is 6.07 Å². The highest BCUT2D eigenvalue weighted by atomic mass is 19.2. The lowest BCUT2D eigenvalue weighted by Gasteiger charge is -2.19. The number of halogens is 3. The average molecular weight is 327 g/mol. The fraction of sp³-hybridized carbons (Fsp3) is 0.400. The summed E-state index contributed by atoms with van der Waals surface area (Å²) >= 11 is 0. The third-order valence-corrected chi connectivity index (χ3v) is 2.93. The number of hydrogen-bond acceptors (Lipinski definition) is 3. The smallest absolute Gasteiger partial charge is 0.255 e. The third kappa shape index (κ3) is 5.29. The molecule has 1 aromatic rings. The SMILES string of the molecule is CC(C)C[C@H](NC(=O)c1cc(F)c(F)cc1F)C(=O)NCC#N. The van der Waals surface area contributed by atoms with E-state index in [1.807, 2.05) is 0 Å². The van der Waals surface area contributed by atoms with E-state index in [4.69, 9.17) is 5.26 Å². The summed E-state index contributed by atoms with van der Waals surface area (Å²) in [6.45, 7) is 3.35. The van der Waals surface area contributed by atoms with E-state index in [9.17, 15) is 22.8 Å². The van der Waals surface area contributed by atoms with Gasteiger partial charge in [0.15, 0.2) is 11.6 Å². The van der Waals surface area contributed by atoms with Crippen LogP contribution in [0.2, 0.25) is 0 Å². The van der Waals surface area contributed by atoms with Crippen molar-refractivity contribution >= 4 is 11.8 Å². The van der Waals surface area contributed by atoms with Crippen LogP contribution in [0.4, 0.5) is 13.2 Å². The molecule has 1 aromatic carbocycles. The standard InChI is InChI=1S/C15H16F3N3O2/c1-8(2)5-13(15(23)20-4-3-19)21-14(22)9-6-11(17)12(18)7-10(9)16/h6-8,13H,4-5H2,1-2H3,(H,20,23)(H,21,22)/t13-/m0/s1. The van der Waals surface area contributed by atoms with E-state index in [-0.39, 0.29) is 24.9 Å². The Labute approximate surface area is 131 Å². The molecule has 0 aliphatic rings. The normalized spacial score (nSPS) is 11.7. The minimum absolute atomic E-state index is 0.0166. The Bertz CT molecular complexity index is 642. The lowest BCUT2D eigenvalue weighted by molar-refractivity contribution is -0.123. The molecular weight excluding hydrogens is 311 g/mol. The van der Waals surface area contributed by atoms with Crippen molar-refractivity contribution in [2.45, 2.75) is 26.3 Å². The number of nitrogens with one attached hydrogen (secondary N) is 2. The first-order valence-corrected chi connectivity index (χ1v) is 6.86. The molecule has 0 aliphatic carbocycles. The topological polar surface area (TPSA) is 82.0 Å². The van der Waals surface area contributed by atoms with E-state index < -0.39 is 40.9 Å². The van der Waals surface area contributed by atoms with Crippen LogP contribution >= 0.6 is 0 Å². The molecule has 0 aliphatic heterocycles. The Kier molecular flexibility index (Phi) is 6.57. The van der Waals surface area contributed by atoms with Crippen LogP contribution < -0.4 is 10.6 Å². The first kappa shape index (κ1) is 18.5. The molecular formula is C15H16F3N3O2. The van der Waals surface area contributed by atoms with Crippen molar-refractivity contribution < 1.29 is 22.8 Å². The van der Waals surface area contributed by atoms with Gasteiger partial charge >= 0.3 is 0 Å². The second-order valence-corrected chi connectivity index (χ2v) is 5.28. The summed E-state index contributed by atoms with van der Waals surface area (Å²) in [5.41, 5.74) is -0.703. The fourth-order valence-electron chi connectivity index (χ4n) is 1.89. The van der Waals surface area contributed by atoms with Crippen molar-refractivity contribution in [3.63, 3.8) is 0 Å². The van der Waals surface area contributed by atoms with Gasteiger partial charge in [0, 0.05) is 6.07 Å². The number of nitriles is 1. The van der Waals surface area contributed by atoms with Crippen molar-refractivity contribution in [2.24, 2.45) is 5.92 Å². The molecule has 0 fully saturated rings. The number of amides is 2. The van der Waals surface area contributed by atoms with E-state index >= 15 is 0 Å². The molecule has 0 saturated heterocycles. The largest absolute Gasteiger partial charge is 0.341 e. The maximum Gasteiger partial charge on any atom is 0.255 e. The van der Waals surface area contributed by atoms with Crippen LogP contribution in [-0.2, 0) is 4.79 Å². The van der Waals surface area contributed by atoms with Crippen LogP contribution in [0, 0.1) is 34.7 Å². The van der Waals surface area contributed by atoms with Crippen molar-refractivity contribution in [3.05, 3.63) is 35.1 Å². The van der Waals surface area contributed by atoms with Gasteiger partial charge in [0.1, 0.15) is 18.4 Å². The summed E-state index contributed by atoms with van der Waals surface area (Å²) < 4.78 is 39.6. The first-order valence-electron chi connectivity index (χ1n) is 6.86. The van der Waals surface area contributed by atoms with Crippen LogP contribution in [0.25, 0.3) is 0 Å². The zero-order valence-electron chi connectivity index (χ0n) is 12.6. The number of hydrogen-bond donors (Lipinski definition) is 2. The second-order valence-electron chi connectivity index (χ2n) is 5.28. The predicted molar refractivity (Wildman–Crippen MR) is 75.6 cm³/mol. The summed E-state index contributed by atoms with van der Waals surface area (Å²) in [5, 5.41) is 13.0. The molecule has 0 radical (unpaired) electrons. The van der Waals surface area contributed by atoms with Gasteiger partial charge in [-0.3, -0.25) is 9.59 Å². The number of carbonyl (C=O) groups is 2. The van der Waals surface area contributed by atoms with Gasteiger partial charge < -0.3 is 10.6 Å². The lowest BCUT2D eigenvalue weighted by Crippen LogP contribution is -2.47. The van der Waals surface area contributed by atoms with Crippen LogP contribution in [-0.4, -0.2) is 24.4 Å². The highest BCUT2D eigenvalue weighted by Gasteiger charge is 2.24. The molecule has 2 amide bonds. The van der Waals surface area contributed by atoms with Gasteiger partial charge in [0.25, 0.3) is 5.91 Å². The van der Waals surface area contributed by atoms with E-state index in [0.717, 1.165) is 0 Å². The second kappa shape index (κ2) is 8.17. The monoisotopic (exact) mass is 327 g/mol. The third-order valence-electron chi connectivity index (χ3n) is 2.93. The average Bonchev–Trinajstić information content (AvgIpc) is 2.47. The molecule has 124 valence electrons. The maximum atomic E-state index is 13.6. The minimum Gasteiger partial charge on any atom is -0.341 e. The van der Waals surface area contributed by atoms with Crippen LogP contribution in [0.1, 0.15) is 30.6 Å². The molecule has 8 heteroatoms. The Morgan fingerprint density at radius 1 is 1.17 bits per heavy atom. The Hall–Kier alpha value is -2.56. The van der Waals surface area contributed by atoms with Gasteiger partial charge in [0.05, 0.1) is 11.6 Å². The predicted octanol–water partition coefficient (Wildman–Crippen LogP) is 1.89. The van der Waals surface area contributed by atoms with Gasteiger partial charge in [-0.1, -0.05) is 13.8 Å². The lowest BCUT2D eigenvalue weighted by atomic mass is 10.0. The van der Waals surface area contributed by atoms with Gasteiger partial charge in [-0.25, -0.2) is 13.2 Å². The van der Waals surface area contributed by atoms with Crippen LogP contribution in [0.3, 0.4) is 0 Å². The Morgan fingerprint density at radius 3 is 2.35 bits per heavy atom. The Balaban J connectivity index is 2.94. The molecule has 0 bridgehead atoms. The number of nitrogens with zero attached hydrogens (tertiary/aromatic N) is 1. The summed E-state index contributed by atoms with van der Waals surface area (Å²) in [7, 11) is 0. The molecule has 2 N–H and O–H groups in total. The number of benzene rings is 1. The summed E-state index contributed by atoms with van der Waals surface area (Å²) in [5.74, 6) is -5.66. The molecule has 0 saturated carbocycles. The van der Waals surface area contributed by atoms with Gasteiger partial charge in [-0.15, -0.1) is 0 Å². The number of carbonyl (C=O) groups excluding carboxylic acids is 2. The molecule has 0 heterocycles. The zero-order chi connectivity index (χ0) is 17.6. The van der Waals surface area contributed by atoms with E-state index in [2.05, 4.69) is 10.6 Å². The van der Waals surface area contributed by atoms with E-state index in [1.165, 1.54) is 0 Å².